The van der Waals surface area contributed by atoms with E-state index in [4.69, 9.17) is 4.74 Å². The summed E-state index contributed by atoms with van der Waals surface area (Å²) in [6.45, 7) is 1.93. The smallest absolute Gasteiger partial charge is 0.328 e. The van der Waals surface area contributed by atoms with E-state index in [9.17, 15) is 14.4 Å². The van der Waals surface area contributed by atoms with E-state index in [1.54, 1.807) is 6.92 Å². The first-order valence-corrected chi connectivity index (χ1v) is 8.13. The molecule has 1 atom stereocenters. The highest BCUT2D eigenvalue weighted by molar-refractivity contribution is 5.88. The van der Waals surface area contributed by atoms with Crippen molar-refractivity contribution in [2.75, 3.05) is 13.7 Å². The topological polar surface area (TPSA) is 97.5 Å². The highest BCUT2D eigenvalue weighted by Gasteiger charge is 2.24. The van der Waals surface area contributed by atoms with Gasteiger partial charge < -0.3 is 19.8 Å². The number of esters is 2. The van der Waals surface area contributed by atoms with Crippen molar-refractivity contribution in [3.63, 3.8) is 0 Å². The van der Waals surface area contributed by atoms with Crippen LogP contribution in [0.2, 0.25) is 0 Å². The minimum absolute atomic E-state index is 0.0367. The van der Waals surface area contributed by atoms with Gasteiger partial charge >= 0.3 is 11.9 Å². The molecule has 0 saturated carbocycles. The maximum Gasteiger partial charge on any atom is 0.328 e. The summed E-state index contributed by atoms with van der Waals surface area (Å²) in [5.41, 5.74) is 1.86. The summed E-state index contributed by atoms with van der Waals surface area (Å²) in [5, 5.41) is 3.64. The van der Waals surface area contributed by atoms with Crippen molar-refractivity contribution in [2.45, 2.75) is 32.2 Å². The summed E-state index contributed by atoms with van der Waals surface area (Å²) < 4.78 is 9.57. The van der Waals surface area contributed by atoms with E-state index < -0.39 is 23.9 Å². The normalized spacial score (nSPS) is 11.8. The van der Waals surface area contributed by atoms with E-state index in [1.165, 1.54) is 7.11 Å². The monoisotopic (exact) mass is 346 g/mol. The maximum absolute atomic E-state index is 12.2. The molecule has 1 aromatic heterocycles. The zero-order valence-electron chi connectivity index (χ0n) is 14.3. The molecule has 0 bridgehead atoms. The van der Waals surface area contributed by atoms with Gasteiger partial charge in [-0.2, -0.15) is 0 Å². The largest absolute Gasteiger partial charge is 0.469 e. The summed E-state index contributed by atoms with van der Waals surface area (Å²) in [6.07, 6.45) is 2.03. The van der Waals surface area contributed by atoms with Gasteiger partial charge in [-0.1, -0.05) is 18.2 Å². The fraction of sp³-hybridized carbons (Fsp3) is 0.389. The molecular formula is C18H22N2O5. The van der Waals surface area contributed by atoms with E-state index in [0.717, 1.165) is 16.5 Å². The average molecular weight is 346 g/mol. The van der Waals surface area contributed by atoms with Crippen LogP contribution in [0.15, 0.2) is 30.5 Å². The third-order valence-electron chi connectivity index (χ3n) is 3.79. The maximum atomic E-state index is 12.2. The van der Waals surface area contributed by atoms with Crippen LogP contribution in [0.1, 0.15) is 25.3 Å². The Morgan fingerprint density at radius 3 is 2.68 bits per heavy atom. The summed E-state index contributed by atoms with van der Waals surface area (Å²) in [5.74, 6) is -1.37. The quantitative estimate of drug-likeness (QED) is 0.709. The molecule has 1 heterocycles. The molecule has 25 heavy (non-hydrogen) atoms. The van der Waals surface area contributed by atoms with Gasteiger partial charge in [-0.15, -0.1) is 0 Å². The van der Waals surface area contributed by atoms with Crippen LogP contribution in [0.3, 0.4) is 0 Å². The Bertz CT molecular complexity index is 753. The number of para-hydroxylation sites is 1. The molecule has 2 N–H and O–H groups in total. The van der Waals surface area contributed by atoms with Gasteiger partial charge in [0.05, 0.1) is 20.1 Å². The van der Waals surface area contributed by atoms with Gasteiger partial charge in [0.2, 0.25) is 5.91 Å². The van der Waals surface area contributed by atoms with Crippen LogP contribution in [0, 0.1) is 0 Å². The van der Waals surface area contributed by atoms with Crippen molar-refractivity contribution in [3.8, 4) is 0 Å². The number of nitrogens with one attached hydrogen (secondary N) is 2. The van der Waals surface area contributed by atoms with Gasteiger partial charge in [-0.05, 0) is 18.6 Å². The molecule has 1 aromatic carbocycles. The number of ether oxygens (including phenoxy) is 2. The van der Waals surface area contributed by atoms with Crippen LogP contribution in [0.25, 0.3) is 10.9 Å². The highest BCUT2D eigenvalue weighted by Crippen LogP contribution is 2.19. The van der Waals surface area contributed by atoms with Gasteiger partial charge in [-0.3, -0.25) is 9.59 Å². The molecule has 134 valence electrons. The lowest BCUT2D eigenvalue weighted by molar-refractivity contribution is -0.147. The molecule has 0 radical (unpaired) electrons. The van der Waals surface area contributed by atoms with Crippen LogP contribution in [-0.4, -0.2) is 42.6 Å². The second-order valence-corrected chi connectivity index (χ2v) is 5.51. The number of carbonyl (C=O) groups is 3. The third-order valence-corrected chi connectivity index (χ3v) is 3.79. The minimum atomic E-state index is -0.815. The molecule has 0 aliphatic rings. The zero-order chi connectivity index (χ0) is 18.2. The number of fused-ring (bicyclic) bond motifs is 1. The Balaban J connectivity index is 2.09. The number of hydrogen-bond donors (Lipinski definition) is 2. The van der Waals surface area contributed by atoms with E-state index in [2.05, 4.69) is 15.0 Å². The third kappa shape index (κ3) is 5.07. The van der Waals surface area contributed by atoms with E-state index in [-0.39, 0.29) is 19.4 Å². The lowest BCUT2D eigenvalue weighted by atomic mass is 10.0. The molecule has 0 unspecified atom stereocenters. The SMILES string of the molecule is CCOC(=O)[C@@H](Cc1c[nH]c2ccccc12)NC(=O)CCC(=O)OC. The molecule has 0 fully saturated rings. The molecule has 2 rings (SSSR count). The van der Waals surface area contributed by atoms with Crippen LogP contribution in [-0.2, 0) is 30.3 Å². The molecule has 0 saturated heterocycles. The lowest BCUT2D eigenvalue weighted by Gasteiger charge is -2.17. The van der Waals surface area contributed by atoms with Gasteiger partial charge in [-0.25, -0.2) is 4.79 Å². The van der Waals surface area contributed by atoms with Gasteiger partial charge in [0, 0.05) is 29.9 Å². The summed E-state index contributed by atoms with van der Waals surface area (Å²) >= 11 is 0. The first kappa shape index (κ1) is 18.5. The van der Waals surface area contributed by atoms with E-state index in [0.29, 0.717) is 6.42 Å². The number of aromatic amines is 1. The number of methoxy groups -OCH3 is 1. The predicted molar refractivity (Wildman–Crippen MR) is 91.8 cm³/mol. The number of benzene rings is 1. The fourth-order valence-corrected chi connectivity index (χ4v) is 2.54. The molecular weight excluding hydrogens is 324 g/mol. The van der Waals surface area contributed by atoms with Crippen molar-refractivity contribution >= 4 is 28.7 Å². The second kappa shape index (κ2) is 8.86. The number of aromatic nitrogens is 1. The number of hydrogen-bond acceptors (Lipinski definition) is 5. The first-order valence-electron chi connectivity index (χ1n) is 8.13. The fourth-order valence-electron chi connectivity index (χ4n) is 2.54. The summed E-state index contributed by atoms with van der Waals surface area (Å²) in [6, 6.07) is 6.90. The molecule has 0 spiro atoms. The van der Waals surface area contributed by atoms with Crippen molar-refractivity contribution in [1.29, 1.82) is 0 Å². The zero-order valence-corrected chi connectivity index (χ0v) is 14.3. The Labute approximate surface area is 145 Å². The Kier molecular flexibility index (Phi) is 6.56. The Hall–Kier alpha value is -2.83. The number of amides is 1. The molecule has 0 aliphatic carbocycles. The van der Waals surface area contributed by atoms with E-state index >= 15 is 0 Å². The van der Waals surface area contributed by atoms with Crippen LogP contribution >= 0.6 is 0 Å². The lowest BCUT2D eigenvalue weighted by Crippen LogP contribution is -2.43. The summed E-state index contributed by atoms with van der Waals surface area (Å²) in [7, 11) is 1.26. The number of H-pyrrole nitrogens is 1. The number of carbonyl (C=O) groups excluding carboxylic acids is 3. The van der Waals surface area contributed by atoms with Crippen molar-refractivity contribution < 1.29 is 23.9 Å². The van der Waals surface area contributed by atoms with Gasteiger partial charge in [0.25, 0.3) is 0 Å². The highest BCUT2D eigenvalue weighted by atomic mass is 16.5. The molecule has 7 heteroatoms. The molecule has 0 aliphatic heterocycles. The Morgan fingerprint density at radius 2 is 1.96 bits per heavy atom. The second-order valence-electron chi connectivity index (χ2n) is 5.51. The Morgan fingerprint density at radius 1 is 1.20 bits per heavy atom. The molecule has 7 nitrogen and oxygen atoms in total. The van der Waals surface area contributed by atoms with Crippen molar-refractivity contribution in [2.24, 2.45) is 0 Å². The van der Waals surface area contributed by atoms with E-state index in [1.807, 2.05) is 30.5 Å². The van der Waals surface area contributed by atoms with Crippen molar-refractivity contribution in [3.05, 3.63) is 36.0 Å². The van der Waals surface area contributed by atoms with Crippen molar-refractivity contribution in [1.82, 2.24) is 10.3 Å². The standard InChI is InChI=1S/C18H22N2O5/c1-3-25-18(23)15(20-16(21)8-9-17(22)24-2)10-12-11-19-14-7-5-4-6-13(12)14/h4-7,11,15,19H,3,8-10H2,1-2H3,(H,20,21)/t15-/m1/s1. The van der Waals surface area contributed by atoms with Gasteiger partial charge in [0.15, 0.2) is 0 Å². The number of rotatable bonds is 8. The van der Waals surface area contributed by atoms with Crippen LogP contribution in [0.5, 0.6) is 0 Å². The van der Waals surface area contributed by atoms with Crippen LogP contribution in [0.4, 0.5) is 0 Å². The minimum Gasteiger partial charge on any atom is -0.469 e. The average Bonchev–Trinajstić information content (AvgIpc) is 3.02. The molecule has 1 amide bonds. The van der Waals surface area contributed by atoms with Crippen LogP contribution < -0.4 is 5.32 Å². The predicted octanol–water partition coefficient (Wildman–Crippen LogP) is 1.71. The first-order chi connectivity index (χ1) is 12.0. The summed E-state index contributed by atoms with van der Waals surface area (Å²) in [4.78, 5) is 38.5. The molecule has 2 aromatic rings. The van der Waals surface area contributed by atoms with Gasteiger partial charge in [0.1, 0.15) is 6.04 Å².